The first-order chi connectivity index (χ1) is 13.5. The molecule has 0 radical (unpaired) electrons. The van der Waals surface area contributed by atoms with E-state index in [4.69, 9.17) is 0 Å². The summed E-state index contributed by atoms with van der Waals surface area (Å²) in [6, 6.07) is 13.9. The number of rotatable bonds is 7. The smallest absolute Gasteiger partial charge is 0.234 e. The number of aromatic nitrogens is 3. The van der Waals surface area contributed by atoms with Gasteiger partial charge >= 0.3 is 0 Å². The molecule has 1 heterocycles. The Morgan fingerprint density at radius 3 is 2.50 bits per heavy atom. The van der Waals surface area contributed by atoms with Crippen LogP contribution in [0.25, 0.3) is 11.4 Å². The minimum atomic E-state index is -0.0756. The Bertz CT molecular complexity index is 978. The summed E-state index contributed by atoms with van der Waals surface area (Å²) in [5.41, 5.74) is 4.01. The van der Waals surface area contributed by atoms with Crippen LogP contribution in [0.4, 0.5) is 5.69 Å². The molecule has 0 fully saturated rings. The number of nitrogens with zero attached hydrogens (tertiary/aromatic N) is 3. The third-order valence-corrected chi connectivity index (χ3v) is 5.46. The van der Waals surface area contributed by atoms with Crippen LogP contribution in [0.5, 0.6) is 0 Å². The number of halogens is 1. The maximum atomic E-state index is 12.4. The van der Waals surface area contributed by atoms with Gasteiger partial charge in [-0.2, -0.15) is 0 Å². The fraction of sp³-hybridized carbons (Fsp3) is 0.190. The lowest BCUT2D eigenvalue weighted by molar-refractivity contribution is -0.113. The molecular formula is C21H21BrN4OS. The first-order valence-corrected chi connectivity index (χ1v) is 10.5. The molecule has 1 aromatic heterocycles. The van der Waals surface area contributed by atoms with Crippen LogP contribution >= 0.6 is 27.7 Å². The molecule has 3 rings (SSSR count). The minimum Gasteiger partial charge on any atom is -0.325 e. The Balaban J connectivity index is 1.72. The summed E-state index contributed by atoms with van der Waals surface area (Å²) >= 11 is 4.80. The molecule has 2 aromatic carbocycles. The third-order valence-electron chi connectivity index (χ3n) is 3.97. The Kier molecular flexibility index (Phi) is 6.70. The second kappa shape index (κ2) is 9.21. The number of hydrogen-bond donors (Lipinski definition) is 1. The summed E-state index contributed by atoms with van der Waals surface area (Å²) in [5.74, 6) is 0.931. The third kappa shape index (κ3) is 5.11. The zero-order chi connectivity index (χ0) is 20.1. The van der Waals surface area contributed by atoms with Crippen LogP contribution in [-0.4, -0.2) is 26.4 Å². The van der Waals surface area contributed by atoms with Crippen molar-refractivity contribution in [1.29, 1.82) is 0 Å². The molecular weight excluding hydrogens is 436 g/mol. The van der Waals surface area contributed by atoms with E-state index in [1.54, 1.807) is 6.08 Å². The molecule has 0 unspecified atom stereocenters. The summed E-state index contributed by atoms with van der Waals surface area (Å²) in [6.07, 6.45) is 1.80. The van der Waals surface area contributed by atoms with Gasteiger partial charge in [0.25, 0.3) is 0 Å². The van der Waals surface area contributed by atoms with Crippen molar-refractivity contribution in [2.24, 2.45) is 0 Å². The number of amides is 1. The molecule has 0 saturated carbocycles. The predicted octanol–water partition coefficient (Wildman–Crippen LogP) is 5.24. The van der Waals surface area contributed by atoms with Gasteiger partial charge in [-0.05, 0) is 49.2 Å². The number of allylic oxidation sites excluding steroid dienone is 1. The molecule has 1 N–H and O–H groups in total. The SMILES string of the molecule is C=CCn1c(SCC(=O)Nc2cc(C)cc(C)c2)nnc1-c1ccc(Br)cc1. The van der Waals surface area contributed by atoms with E-state index < -0.39 is 0 Å². The average molecular weight is 457 g/mol. The number of carbonyl (C=O) groups is 1. The van der Waals surface area contributed by atoms with E-state index in [2.05, 4.69) is 44.1 Å². The van der Waals surface area contributed by atoms with Crippen molar-refractivity contribution in [2.45, 2.75) is 25.5 Å². The standard InChI is InChI=1S/C21H21BrN4OS/c1-4-9-26-20(16-5-7-17(22)8-6-16)24-25-21(26)28-13-19(27)23-18-11-14(2)10-15(3)12-18/h4-8,10-12H,1,9,13H2,2-3H3,(H,23,27). The number of benzene rings is 2. The molecule has 7 heteroatoms. The molecule has 0 atom stereocenters. The quantitative estimate of drug-likeness (QED) is 0.389. The summed E-state index contributed by atoms with van der Waals surface area (Å²) in [5, 5.41) is 12.2. The van der Waals surface area contributed by atoms with Crippen LogP contribution < -0.4 is 5.32 Å². The van der Waals surface area contributed by atoms with Gasteiger partial charge in [0.15, 0.2) is 11.0 Å². The Labute approximate surface area is 177 Å². The Morgan fingerprint density at radius 1 is 1.18 bits per heavy atom. The number of thioether (sulfide) groups is 1. The molecule has 5 nitrogen and oxygen atoms in total. The van der Waals surface area contributed by atoms with Gasteiger partial charge in [-0.15, -0.1) is 16.8 Å². The highest BCUT2D eigenvalue weighted by atomic mass is 79.9. The lowest BCUT2D eigenvalue weighted by Gasteiger charge is -2.09. The minimum absolute atomic E-state index is 0.0756. The molecule has 0 aliphatic carbocycles. The van der Waals surface area contributed by atoms with E-state index in [1.165, 1.54) is 11.8 Å². The first kappa shape index (κ1) is 20.4. The van der Waals surface area contributed by atoms with Crippen LogP contribution in [0.2, 0.25) is 0 Å². The first-order valence-electron chi connectivity index (χ1n) is 8.77. The Morgan fingerprint density at radius 2 is 1.86 bits per heavy atom. The van der Waals surface area contributed by atoms with Crippen LogP contribution in [0.3, 0.4) is 0 Å². The molecule has 0 aliphatic rings. The molecule has 0 saturated heterocycles. The largest absolute Gasteiger partial charge is 0.325 e. The molecule has 144 valence electrons. The van der Waals surface area contributed by atoms with E-state index in [0.717, 1.165) is 32.7 Å². The lowest BCUT2D eigenvalue weighted by Crippen LogP contribution is -2.15. The number of aryl methyl sites for hydroxylation is 2. The summed E-state index contributed by atoms with van der Waals surface area (Å²) in [4.78, 5) is 12.4. The lowest BCUT2D eigenvalue weighted by atomic mass is 10.1. The van der Waals surface area contributed by atoms with E-state index in [-0.39, 0.29) is 11.7 Å². The van der Waals surface area contributed by atoms with Crippen LogP contribution in [-0.2, 0) is 11.3 Å². The van der Waals surface area contributed by atoms with Gasteiger partial charge in [0.1, 0.15) is 0 Å². The highest BCUT2D eigenvalue weighted by molar-refractivity contribution is 9.10. The van der Waals surface area contributed by atoms with Crippen molar-refractivity contribution >= 4 is 39.3 Å². The van der Waals surface area contributed by atoms with Crippen LogP contribution in [0.1, 0.15) is 11.1 Å². The molecule has 1 amide bonds. The van der Waals surface area contributed by atoms with Crippen molar-refractivity contribution in [2.75, 3.05) is 11.1 Å². The number of carbonyl (C=O) groups excluding carboxylic acids is 1. The normalized spacial score (nSPS) is 10.7. The van der Waals surface area contributed by atoms with E-state index in [1.807, 2.05) is 54.8 Å². The number of hydrogen-bond acceptors (Lipinski definition) is 4. The van der Waals surface area contributed by atoms with E-state index in [9.17, 15) is 4.79 Å². The highest BCUT2D eigenvalue weighted by Crippen LogP contribution is 2.25. The number of anilines is 1. The van der Waals surface area contributed by atoms with Crippen LogP contribution in [0, 0.1) is 13.8 Å². The Hall–Kier alpha value is -2.38. The van der Waals surface area contributed by atoms with Gasteiger partial charge in [-0.1, -0.05) is 52.0 Å². The van der Waals surface area contributed by atoms with Crippen LogP contribution in [0.15, 0.2) is 64.7 Å². The topological polar surface area (TPSA) is 59.8 Å². The van der Waals surface area contributed by atoms with Gasteiger partial charge in [0.05, 0.1) is 5.75 Å². The van der Waals surface area contributed by atoms with Gasteiger partial charge in [-0.25, -0.2) is 0 Å². The van der Waals surface area contributed by atoms with E-state index >= 15 is 0 Å². The molecule has 0 spiro atoms. The summed E-state index contributed by atoms with van der Waals surface area (Å²) in [7, 11) is 0. The maximum Gasteiger partial charge on any atom is 0.234 e. The van der Waals surface area contributed by atoms with Crippen molar-refractivity contribution in [1.82, 2.24) is 14.8 Å². The molecule has 28 heavy (non-hydrogen) atoms. The van der Waals surface area contributed by atoms with Gasteiger partial charge in [0, 0.05) is 22.3 Å². The van der Waals surface area contributed by atoms with Crippen molar-refractivity contribution in [3.8, 4) is 11.4 Å². The molecule has 0 bridgehead atoms. The summed E-state index contributed by atoms with van der Waals surface area (Å²) < 4.78 is 2.97. The highest BCUT2D eigenvalue weighted by Gasteiger charge is 2.15. The molecule has 3 aromatic rings. The second-order valence-corrected chi connectivity index (χ2v) is 8.28. The molecule has 0 aliphatic heterocycles. The monoisotopic (exact) mass is 456 g/mol. The van der Waals surface area contributed by atoms with Crippen molar-refractivity contribution in [3.63, 3.8) is 0 Å². The fourth-order valence-corrected chi connectivity index (χ4v) is 3.89. The zero-order valence-corrected chi connectivity index (χ0v) is 18.2. The predicted molar refractivity (Wildman–Crippen MR) is 119 cm³/mol. The fourth-order valence-electron chi connectivity index (χ4n) is 2.88. The van der Waals surface area contributed by atoms with Crippen molar-refractivity contribution < 1.29 is 4.79 Å². The van der Waals surface area contributed by atoms with Crippen molar-refractivity contribution in [3.05, 3.63) is 70.7 Å². The summed E-state index contributed by atoms with van der Waals surface area (Å²) in [6.45, 7) is 8.41. The number of nitrogens with one attached hydrogen (secondary N) is 1. The maximum absolute atomic E-state index is 12.4. The van der Waals surface area contributed by atoms with Gasteiger partial charge < -0.3 is 5.32 Å². The van der Waals surface area contributed by atoms with Gasteiger partial charge in [0.2, 0.25) is 5.91 Å². The van der Waals surface area contributed by atoms with E-state index in [0.29, 0.717) is 11.7 Å². The zero-order valence-electron chi connectivity index (χ0n) is 15.8. The second-order valence-electron chi connectivity index (χ2n) is 6.43. The van der Waals surface area contributed by atoms with Gasteiger partial charge in [-0.3, -0.25) is 9.36 Å². The average Bonchev–Trinajstić information content (AvgIpc) is 3.03.